The summed E-state index contributed by atoms with van der Waals surface area (Å²) in [7, 11) is -1.70. The summed E-state index contributed by atoms with van der Waals surface area (Å²) in [5.74, 6) is 0.683. The van der Waals surface area contributed by atoms with Gasteiger partial charge in [0.2, 0.25) is 0 Å². The Morgan fingerprint density at radius 1 is 1.36 bits per heavy atom. The van der Waals surface area contributed by atoms with Gasteiger partial charge in [-0.05, 0) is 40.8 Å². The second kappa shape index (κ2) is 8.57. The third kappa shape index (κ3) is 7.01. The Bertz CT molecular complexity index is 562. The largest absolute Gasteiger partial charge is 0.401 e. The van der Waals surface area contributed by atoms with E-state index in [1.807, 2.05) is 11.8 Å². The molecular formula is C15H29F3N4O2S. The van der Waals surface area contributed by atoms with Crippen LogP contribution in [-0.4, -0.2) is 87.2 Å². The van der Waals surface area contributed by atoms with Crippen LogP contribution in [0.2, 0.25) is 0 Å². The van der Waals surface area contributed by atoms with E-state index in [-0.39, 0.29) is 5.75 Å². The molecule has 0 aromatic heterocycles. The number of aliphatic imine (C=N–C) groups is 1. The van der Waals surface area contributed by atoms with Gasteiger partial charge in [-0.3, -0.25) is 9.89 Å². The summed E-state index contributed by atoms with van der Waals surface area (Å²) in [6.45, 7) is 6.40. The van der Waals surface area contributed by atoms with Crippen molar-refractivity contribution in [1.29, 1.82) is 0 Å². The van der Waals surface area contributed by atoms with Gasteiger partial charge in [0.15, 0.2) is 15.8 Å². The van der Waals surface area contributed by atoms with Gasteiger partial charge in [0.05, 0.1) is 17.0 Å². The minimum atomic E-state index is -4.20. The molecule has 0 unspecified atom stereocenters. The monoisotopic (exact) mass is 386 g/mol. The third-order valence-electron chi connectivity index (χ3n) is 4.09. The Labute approximate surface area is 148 Å². The number of nitrogens with zero attached hydrogens (tertiary/aromatic N) is 3. The summed E-state index contributed by atoms with van der Waals surface area (Å²) in [5.41, 5.74) is 0. The van der Waals surface area contributed by atoms with E-state index in [1.165, 1.54) is 11.9 Å². The molecule has 0 amide bonds. The maximum Gasteiger partial charge on any atom is 0.401 e. The van der Waals surface area contributed by atoms with Gasteiger partial charge < -0.3 is 10.2 Å². The maximum absolute atomic E-state index is 12.3. The first-order chi connectivity index (χ1) is 11.4. The second-order valence-corrected chi connectivity index (χ2v) is 9.69. The molecule has 0 radical (unpaired) electrons. The van der Waals surface area contributed by atoms with Crippen LogP contribution in [0.3, 0.4) is 0 Å². The van der Waals surface area contributed by atoms with Gasteiger partial charge in [0, 0.05) is 26.2 Å². The number of hydrogen-bond acceptors (Lipinski definition) is 4. The minimum absolute atomic E-state index is 0.0682. The fourth-order valence-corrected chi connectivity index (χ4v) is 4.03. The van der Waals surface area contributed by atoms with E-state index < -0.39 is 27.3 Å². The molecule has 0 spiro atoms. The molecule has 1 saturated heterocycles. The Kier molecular flexibility index (Phi) is 7.54. The van der Waals surface area contributed by atoms with E-state index in [9.17, 15) is 21.6 Å². The molecule has 0 atom stereocenters. The van der Waals surface area contributed by atoms with Crippen LogP contribution in [0.15, 0.2) is 4.99 Å². The van der Waals surface area contributed by atoms with Crippen LogP contribution in [-0.2, 0) is 9.84 Å². The van der Waals surface area contributed by atoms with E-state index in [0.29, 0.717) is 45.1 Å². The lowest BCUT2D eigenvalue weighted by Gasteiger charge is -2.39. The highest BCUT2D eigenvalue weighted by Crippen LogP contribution is 2.23. The first-order valence-electron chi connectivity index (χ1n) is 8.39. The number of sulfone groups is 1. The predicted octanol–water partition coefficient (Wildman–Crippen LogP) is 1.35. The molecular weight excluding hydrogens is 357 g/mol. The number of alkyl halides is 3. The molecule has 1 fully saturated rings. The van der Waals surface area contributed by atoms with Crippen LogP contribution in [0.25, 0.3) is 0 Å². The molecule has 1 rings (SSSR count). The molecule has 0 aromatic rings. The first kappa shape index (κ1) is 22.0. The lowest BCUT2D eigenvalue weighted by atomic mass is 10.2. The second-order valence-electron chi connectivity index (χ2n) is 6.94. The SMILES string of the molecule is CCNC(=NCCCN(C)CC(F)(F)F)N1CCS(=O)(=O)C(C)(C)C1. The summed E-state index contributed by atoms with van der Waals surface area (Å²) in [4.78, 5) is 7.58. The number of nitrogens with one attached hydrogen (secondary N) is 1. The van der Waals surface area contributed by atoms with Crippen LogP contribution < -0.4 is 5.32 Å². The molecule has 25 heavy (non-hydrogen) atoms. The van der Waals surface area contributed by atoms with Crippen molar-refractivity contribution in [3.8, 4) is 0 Å². The van der Waals surface area contributed by atoms with Crippen molar-refractivity contribution in [1.82, 2.24) is 15.1 Å². The highest BCUT2D eigenvalue weighted by atomic mass is 32.2. The van der Waals surface area contributed by atoms with Gasteiger partial charge in [-0.15, -0.1) is 0 Å². The first-order valence-corrected chi connectivity index (χ1v) is 10.0. The molecule has 0 bridgehead atoms. The maximum atomic E-state index is 12.3. The molecule has 0 saturated carbocycles. The highest BCUT2D eigenvalue weighted by molar-refractivity contribution is 7.92. The van der Waals surface area contributed by atoms with E-state index in [1.54, 1.807) is 13.8 Å². The van der Waals surface area contributed by atoms with E-state index in [4.69, 9.17) is 0 Å². The summed E-state index contributed by atoms with van der Waals surface area (Å²) < 4.78 is 60.2. The zero-order valence-corrected chi connectivity index (χ0v) is 16.2. The fourth-order valence-electron chi connectivity index (χ4n) is 2.66. The van der Waals surface area contributed by atoms with Gasteiger partial charge in [-0.2, -0.15) is 13.2 Å². The van der Waals surface area contributed by atoms with Crippen molar-refractivity contribution in [3.05, 3.63) is 0 Å². The van der Waals surface area contributed by atoms with Crippen LogP contribution in [0.5, 0.6) is 0 Å². The van der Waals surface area contributed by atoms with Gasteiger partial charge >= 0.3 is 6.18 Å². The molecule has 1 aliphatic heterocycles. The molecule has 10 heteroatoms. The van der Waals surface area contributed by atoms with E-state index in [0.717, 1.165) is 0 Å². The van der Waals surface area contributed by atoms with Crippen LogP contribution in [0.1, 0.15) is 27.2 Å². The van der Waals surface area contributed by atoms with Crippen LogP contribution in [0.4, 0.5) is 13.2 Å². The predicted molar refractivity (Wildman–Crippen MR) is 93.6 cm³/mol. The summed E-state index contributed by atoms with van der Waals surface area (Å²) in [6.07, 6.45) is -3.70. The Morgan fingerprint density at radius 2 is 2.00 bits per heavy atom. The summed E-state index contributed by atoms with van der Waals surface area (Å²) in [6, 6.07) is 0. The number of hydrogen-bond donors (Lipinski definition) is 1. The highest BCUT2D eigenvalue weighted by Gasteiger charge is 2.40. The van der Waals surface area contributed by atoms with Crippen molar-refractivity contribution < 1.29 is 21.6 Å². The summed E-state index contributed by atoms with van der Waals surface area (Å²) in [5, 5.41) is 3.13. The van der Waals surface area contributed by atoms with Gasteiger partial charge in [0.1, 0.15) is 0 Å². The van der Waals surface area contributed by atoms with Crippen LogP contribution in [0, 0.1) is 0 Å². The van der Waals surface area contributed by atoms with Crippen molar-refractivity contribution in [2.24, 2.45) is 4.99 Å². The lowest BCUT2D eigenvalue weighted by Crippen LogP contribution is -2.57. The van der Waals surface area contributed by atoms with Gasteiger partial charge in [0.25, 0.3) is 0 Å². The smallest absolute Gasteiger partial charge is 0.357 e. The van der Waals surface area contributed by atoms with Crippen molar-refractivity contribution in [2.45, 2.75) is 38.1 Å². The van der Waals surface area contributed by atoms with Crippen molar-refractivity contribution >= 4 is 15.8 Å². The van der Waals surface area contributed by atoms with Gasteiger partial charge in [-0.25, -0.2) is 8.42 Å². The number of guanidine groups is 1. The lowest BCUT2D eigenvalue weighted by molar-refractivity contribution is -0.143. The van der Waals surface area contributed by atoms with Crippen LogP contribution >= 0.6 is 0 Å². The molecule has 1 aliphatic rings. The number of halogens is 3. The molecule has 1 heterocycles. The normalized spacial score (nSPS) is 20.8. The average molecular weight is 386 g/mol. The molecule has 0 aromatic carbocycles. The topological polar surface area (TPSA) is 65.0 Å². The standard InChI is InChI=1S/C15H29F3N4O2S/c1-5-19-13(20-7-6-8-21(4)12-15(16,17)18)22-9-10-25(23,24)14(2,3)11-22/h5-12H2,1-4H3,(H,19,20). The third-order valence-corrected chi connectivity index (χ3v) is 6.62. The zero-order valence-electron chi connectivity index (χ0n) is 15.4. The van der Waals surface area contributed by atoms with Crippen molar-refractivity contribution in [3.63, 3.8) is 0 Å². The molecule has 148 valence electrons. The van der Waals surface area contributed by atoms with E-state index >= 15 is 0 Å². The Balaban J connectivity index is 2.60. The summed E-state index contributed by atoms with van der Waals surface area (Å²) >= 11 is 0. The van der Waals surface area contributed by atoms with Crippen molar-refractivity contribution in [2.75, 3.05) is 52.1 Å². The van der Waals surface area contributed by atoms with E-state index in [2.05, 4.69) is 10.3 Å². The molecule has 1 N–H and O–H groups in total. The number of rotatable bonds is 6. The molecule has 6 nitrogen and oxygen atoms in total. The zero-order chi connectivity index (χ0) is 19.3. The van der Waals surface area contributed by atoms with Gasteiger partial charge in [-0.1, -0.05) is 0 Å². The minimum Gasteiger partial charge on any atom is -0.357 e. The Hall–Kier alpha value is -1.03. The Morgan fingerprint density at radius 3 is 2.52 bits per heavy atom. The molecule has 0 aliphatic carbocycles. The average Bonchev–Trinajstić information content (AvgIpc) is 2.43. The fraction of sp³-hybridized carbons (Fsp3) is 0.933. The quantitative estimate of drug-likeness (QED) is 0.424.